The van der Waals surface area contributed by atoms with Gasteiger partial charge in [-0.25, -0.2) is 0 Å². The van der Waals surface area contributed by atoms with Crippen LogP contribution >= 0.6 is 7.60 Å². The highest BCUT2D eigenvalue weighted by molar-refractivity contribution is 7.70. The lowest BCUT2D eigenvalue weighted by atomic mass is 10.0. The minimum absolute atomic E-state index is 0.0467. The fourth-order valence-corrected chi connectivity index (χ4v) is 7.77. The molecule has 2 aliphatic rings. The molecule has 0 bridgehead atoms. The number of benzene rings is 2. The molecule has 0 spiro atoms. The van der Waals surface area contributed by atoms with Crippen LogP contribution in [0.15, 0.2) is 48.5 Å². The van der Waals surface area contributed by atoms with Crippen LogP contribution in [-0.2, 0) is 25.5 Å². The molecule has 5 atom stereocenters. The lowest BCUT2D eigenvalue weighted by Crippen LogP contribution is -2.62. The van der Waals surface area contributed by atoms with Gasteiger partial charge in [-0.3, -0.25) is 38.8 Å². The fourth-order valence-electron chi connectivity index (χ4n) is 7.30. The molecule has 9 N–H and O–H groups in total. The van der Waals surface area contributed by atoms with Crippen molar-refractivity contribution >= 4 is 47.7 Å². The molecule has 0 radical (unpaired) electrons. The van der Waals surface area contributed by atoms with Gasteiger partial charge < -0.3 is 41.1 Å². The van der Waals surface area contributed by atoms with Gasteiger partial charge in [0.05, 0.1) is 6.04 Å². The number of hydrogen-bond acceptors (Lipinski definition) is 9. The number of aliphatic hydroxyl groups excluding tert-OH is 1. The van der Waals surface area contributed by atoms with Crippen LogP contribution in [0, 0.1) is 0 Å². The number of rotatable bonds is 15. The number of nitrogens with two attached hydrogens (primary N) is 1. The van der Waals surface area contributed by atoms with Crippen LogP contribution in [0.5, 0.6) is 0 Å². The van der Waals surface area contributed by atoms with Gasteiger partial charge in [0.2, 0.25) is 17.7 Å². The van der Waals surface area contributed by atoms with Gasteiger partial charge in [-0.2, -0.15) is 0 Å². The van der Waals surface area contributed by atoms with Crippen molar-refractivity contribution < 1.29 is 43.4 Å². The first kappa shape index (κ1) is 41.7. The second-order valence-electron chi connectivity index (χ2n) is 15.1. The molecule has 2 aliphatic heterocycles. The van der Waals surface area contributed by atoms with Crippen molar-refractivity contribution in [3.63, 3.8) is 0 Å². The van der Waals surface area contributed by atoms with E-state index in [-0.39, 0.29) is 42.7 Å². The Morgan fingerprint density at radius 3 is 2.35 bits per heavy atom. The van der Waals surface area contributed by atoms with Gasteiger partial charge in [-0.05, 0) is 80.8 Å². The van der Waals surface area contributed by atoms with Crippen LogP contribution in [-0.4, -0.2) is 108 Å². The molecule has 0 aliphatic carbocycles. The second-order valence-corrected chi connectivity index (χ2v) is 16.6. The highest BCUT2D eigenvalue weighted by Gasteiger charge is 2.45. The Morgan fingerprint density at radius 2 is 1.71 bits per heavy atom. The van der Waals surface area contributed by atoms with E-state index in [1.807, 2.05) is 38.1 Å². The maximum atomic E-state index is 14.4. The normalized spacial score (nSPS) is 20.6. The average molecular weight is 782 g/mol. The fraction of sp³-hybridized carbons (Fsp3) is 0.500. The summed E-state index contributed by atoms with van der Waals surface area (Å²) < 4.78 is 11.5. The molecule has 1 unspecified atom stereocenters. The molecule has 4 amide bonds. The number of fused-ring (bicyclic) bond motifs is 2. The minimum atomic E-state index is -5.02. The third kappa shape index (κ3) is 10.3. The smallest absolute Gasteiger partial charge is 0.376 e. The first-order valence-electron chi connectivity index (χ1n) is 18.6. The van der Waals surface area contributed by atoms with E-state index in [1.165, 1.54) is 29.8 Å². The molecule has 16 nitrogen and oxygen atoms in total. The van der Waals surface area contributed by atoms with E-state index < -0.39 is 61.1 Å². The van der Waals surface area contributed by atoms with Crippen molar-refractivity contribution in [2.75, 3.05) is 13.1 Å². The Kier molecular flexibility index (Phi) is 13.3. The van der Waals surface area contributed by atoms with Crippen LogP contribution in [0.3, 0.4) is 0 Å². The Bertz CT molecular complexity index is 1940. The molecule has 5 rings (SSSR count). The van der Waals surface area contributed by atoms with Crippen molar-refractivity contribution in [1.82, 2.24) is 30.7 Å². The molecule has 17 heteroatoms. The SMILES string of the molecule is CC(C)c1ccc(CNC(O)[C@H](CCC(N)=O)NC(=O)[C@@H]2CC[C@@H]3CCN(C(C)C)C[C@H](NC(=O)c4cc5cc(C(=O)P(=O)(O)O)ccc5[nH]4)C(=O)N32)cc1. The van der Waals surface area contributed by atoms with Crippen LogP contribution < -0.4 is 21.7 Å². The quantitative estimate of drug-likeness (QED) is 0.0819. The maximum Gasteiger partial charge on any atom is 0.396 e. The second kappa shape index (κ2) is 17.6. The summed E-state index contributed by atoms with van der Waals surface area (Å²) in [5.41, 5.74) is 6.47. The largest absolute Gasteiger partial charge is 0.396 e. The Labute approximate surface area is 319 Å². The van der Waals surface area contributed by atoms with E-state index in [9.17, 15) is 43.4 Å². The monoisotopic (exact) mass is 781 g/mol. The summed E-state index contributed by atoms with van der Waals surface area (Å²) in [7, 11) is -5.02. The van der Waals surface area contributed by atoms with E-state index in [4.69, 9.17) is 5.73 Å². The molecule has 1 aromatic heterocycles. The van der Waals surface area contributed by atoms with Crippen LogP contribution in [0.2, 0.25) is 0 Å². The number of amides is 4. The number of aromatic amines is 1. The van der Waals surface area contributed by atoms with Crippen LogP contribution in [0.4, 0.5) is 0 Å². The molecule has 3 heterocycles. The zero-order valence-electron chi connectivity index (χ0n) is 31.5. The molecule has 3 aromatic rings. The number of nitrogens with one attached hydrogen (secondary N) is 4. The molecule has 2 aromatic carbocycles. The number of aromatic nitrogens is 1. The van der Waals surface area contributed by atoms with Crippen molar-refractivity contribution in [1.29, 1.82) is 0 Å². The maximum absolute atomic E-state index is 14.4. The van der Waals surface area contributed by atoms with E-state index in [1.54, 1.807) is 4.90 Å². The molecule has 2 fully saturated rings. The van der Waals surface area contributed by atoms with Gasteiger partial charge >= 0.3 is 7.60 Å². The van der Waals surface area contributed by atoms with E-state index in [0.29, 0.717) is 49.2 Å². The molecular formula is C38H52N7O9P. The number of carbonyl (C=O) groups excluding carboxylic acids is 5. The summed E-state index contributed by atoms with van der Waals surface area (Å²) >= 11 is 0. The van der Waals surface area contributed by atoms with Crippen molar-refractivity contribution in [3.05, 3.63) is 70.9 Å². The summed E-state index contributed by atoms with van der Waals surface area (Å²) in [6.45, 7) is 9.27. The van der Waals surface area contributed by atoms with E-state index >= 15 is 0 Å². The number of carbonyl (C=O) groups is 5. The Balaban J connectivity index is 1.33. The molecule has 0 saturated carbocycles. The first-order chi connectivity index (χ1) is 25.9. The topological polar surface area (TPSA) is 247 Å². The van der Waals surface area contributed by atoms with Gasteiger partial charge in [0.1, 0.15) is 24.0 Å². The predicted molar refractivity (Wildman–Crippen MR) is 205 cm³/mol. The van der Waals surface area contributed by atoms with E-state index in [2.05, 4.69) is 39.7 Å². The van der Waals surface area contributed by atoms with Gasteiger partial charge in [0, 0.05) is 54.6 Å². The predicted octanol–water partition coefficient (Wildman–Crippen LogP) is 2.04. The number of hydrogen-bond donors (Lipinski definition) is 8. The van der Waals surface area contributed by atoms with E-state index in [0.717, 1.165) is 5.56 Å². The van der Waals surface area contributed by atoms with Gasteiger partial charge in [-0.1, -0.05) is 38.1 Å². The molecular weight excluding hydrogens is 729 g/mol. The van der Waals surface area contributed by atoms with Crippen LogP contribution in [0.25, 0.3) is 10.9 Å². The zero-order valence-corrected chi connectivity index (χ0v) is 32.4. The van der Waals surface area contributed by atoms with Gasteiger partial charge in [0.15, 0.2) is 0 Å². The van der Waals surface area contributed by atoms with Gasteiger partial charge in [-0.15, -0.1) is 0 Å². The van der Waals surface area contributed by atoms with Crippen molar-refractivity contribution in [3.8, 4) is 0 Å². The molecule has 55 heavy (non-hydrogen) atoms. The third-order valence-electron chi connectivity index (χ3n) is 10.5. The van der Waals surface area contributed by atoms with Crippen molar-refractivity contribution in [2.24, 2.45) is 5.73 Å². The summed E-state index contributed by atoms with van der Waals surface area (Å²) in [6, 6.07) is 10.2. The first-order valence-corrected chi connectivity index (χ1v) is 20.2. The third-order valence-corrected chi connectivity index (χ3v) is 11.3. The number of H-pyrrole nitrogens is 1. The summed E-state index contributed by atoms with van der Waals surface area (Å²) in [5, 5.41) is 20.3. The molecule has 298 valence electrons. The van der Waals surface area contributed by atoms with Crippen LogP contribution in [0.1, 0.15) is 97.7 Å². The lowest BCUT2D eigenvalue weighted by molar-refractivity contribution is -0.144. The minimum Gasteiger partial charge on any atom is -0.376 e. The Morgan fingerprint density at radius 1 is 1.00 bits per heavy atom. The average Bonchev–Trinajstić information content (AvgIpc) is 3.76. The van der Waals surface area contributed by atoms with Gasteiger partial charge in [0.25, 0.3) is 11.4 Å². The zero-order chi connectivity index (χ0) is 40.2. The summed E-state index contributed by atoms with van der Waals surface area (Å²) in [6.07, 6.45) is 0.257. The number of nitrogens with zero attached hydrogens (tertiary/aromatic N) is 2. The standard InChI is InChI=1S/C38H52N7O9P/c1-21(2)24-7-5-23(6-8-24)19-40-34(47)29(12-14-33(39)46)42-36(49)32-13-10-27-15-16-44(22(3)4)20-31(37(50)45(27)32)43-35(48)30-18-26-17-25(9-11-28(26)41-30)38(51)55(52,53)54/h5-9,11,17-18,21-22,27,29,31-32,34,40-41,47H,10,12-16,19-20H2,1-4H3,(H2,39,46)(H,42,49)(H,43,48)(H2,52,53,54)/t27-,29+,31+,32+,34?/m1/s1. The highest BCUT2D eigenvalue weighted by Crippen LogP contribution is 2.39. The lowest BCUT2D eigenvalue weighted by Gasteiger charge is -2.40. The summed E-state index contributed by atoms with van der Waals surface area (Å²) in [5.74, 6) is -1.78. The summed E-state index contributed by atoms with van der Waals surface area (Å²) in [4.78, 5) is 91.2. The molecule has 2 saturated heterocycles. The highest BCUT2D eigenvalue weighted by atomic mass is 31.2. The Hall–Kier alpha value is -4.44. The number of primary amides is 1. The van der Waals surface area contributed by atoms with Crippen molar-refractivity contribution in [2.45, 2.75) is 109 Å². The number of aliphatic hydroxyl groups is 1.